The quantitative estimate of drug-likeness (QED) is 0.909. The van der Waals surface area contributed by atoms with Gasteiger partial charge in [-0.1, -0.05) is 0 Å². The van der Waals surface area contributed by atoms with Crippen molar-refractivity contribution in [2.24, 2.45) is 0 Å². The molecule has 0 aromatic carbocycles. The van der Waals surface area contributed by atoms with E-state index in [2.05, 4.69) is 24.8 Å². The van der Waals surface area contributed by atoms with Crippen LogP contribution in [0.4, 0.5) is 11.8 Å². The summed E-state index contributed by atoms with van der Waals surface area (Å²) in [5.74, 6) is 2.01. The van der Waals surface area contributed by atoms with E-state index in [1.807, 2.05) is 32.9 Å². The van der Waals surface area contributed by atoms with Crippen molar-refractivity contribution in [1.29, 1.82) is 0 Å². The summed E-state index contributed by atoms with van der Waals surface area (Å²) < 4.78 is 0. The minimum absolute atomic E-state index is 0.176. The topological polar surface area (TPSA) is 80.8 Å². The van der Waals surface area contributed by atoms with Gasteiger partial charge in [0.05, 0.1) is 11.7 Å². The van der Waals surface area contributed by atoms with Crippen LogP contribution in [0.5, 0.6) is 0 Å². The third kappa shape index (κ3) is 2.79. The summed E-state index contributed by atoms with van der Waals surface area (Å²) in [4.78, 5) is 20.1. The molecule has 2 N–H and O–H groups in total. The molecule has 1 saturated heterocycles. The van der Waals surface area contributed by atoms with E-state index in [1.165, 1.54) is 0 Å². The van der Waals surface area contributed by atoms with Gasteiger partial charge in [-0.15, -0.1) is 0 Å². The Morgan fingerprint density at radius 2 is 1.76 bits per heavy atom. The Labute approximate surface area is 124 Å². The average molecular weight is 284 g/mol. The van der Waals surface area contributed by atoms with Crippen LogP contribution in [0, 0.1) is 20.8 Å². The molecule has 2 aromatic rings. The van der Waals surface area contributed by atoms with E-state index in [1.54, 1.807) is 0 Å². The fourth-order valence-electron chi connectivity index (χ4n) is 2.93. The molecular formula is C15H20N6. The second-order valence-corrected chi connectivity index (χ2v) is 5.57. The second kappa shape index (κ2) is 5.27. The Kier molecular flexibility index (Phi) is 3.45. The van der Waals surface area contributed by atoms with E-state index in [-0.39, 0.29) is 6.04 Å². The molecule has 0 aliphatic carbocycles. The zero-order valence-corrected chi connectivity index (χ0v) is 12.7. The first kappa shape index (κ1) is 13.7. The molecule has 0 saturated carbocycles. The lowest BCUT2D eigenvalue weighted by Crippen LogP contribution is -2.26. The number of anilines is 2. The first-order valence-electron chi connectivity index (χ1n) is 7.23. The number of hydrogen-bond acceptors (Lipinski definition) is 6. The van der Waals surface area contributed by atoms with Gasteiger partial charge in [0.2, 0.25) is 5.95 Å². The largest absolute Gasteiger partial charge is 0.384 e. The predicted molar refractivity (Wildman–Crippen MR) is 82.0 cm³/mol. The molecule has 0 bridgehead atoms. The van der Waals surface area contributed by atoms with Gasteiger partial charge in [0.25, 0.3) is 0 Å². The fourth-order valence-corrected chi connectivity index (χ4v) is 2.93. The Morgan fingerprint density at radius 3 is 2.43 bits per heavy atom. The van der Waals surface area contributed by atoms with Crippen LogP contribution < -0.4 is 10.6 Å². The Morgan fingerprint density at radius 1 is 1.05 bits per heavy atom. The first-order chi connectivity index (χ1) is 10.0. The number of nitrogens with two attached hydrogens (primary N) is 1. The van der Waals surface area contributed by atoms with Crippen molar-refractivity contribution in [2.75, 3.05) is 17.2 Å². The van der Waals surface area contributed by atoms with E-state index in [0.717, 1.165) is 42.4 Å². The predicted octanol–water partition coefficient (Wildman–Crippen LogP) is 2.12. The van der Waals surface area contributed by atoms with Gasteiger partial charge < -0.3 is 10.6 Å². The van der Waals surface area contributed by atoms with Gasteiger partial charge >= 0.3 is 0 Å². The second-order valence-electron chi connectivity index (χ2n) is 5.57. The highest BCUT2D eigenvalue weighted by atomic mass is 15.3. The third-order valence-corrected chi connectivity index (χ3v) is 3.70. The van der Waals surface area contributed by atoms with Crippen LogP contribution in [0.2, 0.25) is 0 Å². The lowest BCUT2D eigenvalue weighted by molar-refractivity contribution is 0.671. The summed E-state index contributed by atoms with van der Waals surface area (Å²) in [6.45, 7) is 6.80. The summed E-state index contributed by atoms with van der Waals surface area (Å²) in [5, 5.41) is 0. The van der Waals surface area contributed by atoms with Crippen LogP contribution in [-0.2, 0) is 0 Å². The van der Waals surface area contributed by atoms with Crippen LogP contribution in [0.15, 0.2) is 12.1 Å². The molecule has 0 radical (unpaired) electrons. The van der Waals surface area contributed by atoms with Crippen molar-refractivity contribution >= 4 is 11.8 Å². The molecule has 1 fully saturated rings. The van der Waals surface area contributed by atoms with Crippen LogP contribution >= 0.6 is 0 Å². The minimum atomic E-state index is 0.176. The van der Waals surface area contributed by atoms with Gasteiger partial charge in [0.15, 0.2) is 0 Å². The number of aromatic nitrogens is 4. The summed E-state index contributed by atoms with van der Waals surface area (Å²) in [7, 11) is 0. The molecule has 110 valence electrons. The number of aryl methyl sites for hydroxylation is 3. The molecule has 1 unspecified atom stereocenters. The number of rotatable bonds is 2. The lowest BCUT2D eigenvalue weighted by atomic mass is 10.1. The zero-order valence-electron chi connectivity index (χ0n) is 12.7. The minimum Gasteiger partial charge on any atom is -0.384 e. The molecule has 1 atom stereocenters. The zero-order chi connectivity index (χ0) is 15.0. The molecule has 2 aromatic heterocycles. The van der Waals surface area contributed by atoms with E-state index < -0.39 is 0 Å². The Balaban J connectivity index is 1.98. The first-order valence-corrected chi connectivity index (χ1v) is 7.23. The number of hydrogen-bond donors (Lipinski definition) is 1. The highest BCUT2D eigenvalue weighted by Crippen LogP contribution is 2.34. The Hall–Kier alpha value is -2.24. The van der Waals surface area contributed by atoms with Crippen LogP contribution in [0.1, 0.15) is 41.8 Å². The molecule has 3 heterocycles. The number of nitrogen functional groups attached to an aromatic ring is 1. The van der Waals surface area contributed by atoms with Crippen molar-refractivity contribution in [2.45, 2.75) is 39.7 Å². The van der Waals surface area contributed by atoms with Crippen molar-refractivity contribution in [3.63, 3.8) is 0 Å². The SMILES string of the molecule is Cc1cc(C)nc(N2CCCC2c2cc(N)nc(C)n2)n1. The van der Waals surface area contributed by atoms with Crippen LogP contribution in [0.25, 0.3) is 0 Å². The molecular weight excluding hydrogens is 264 g/mol. The maximum Gasteiger partial charge on any atom is 0.226 e. The van der Waals surface area contributed by atoms with Crippen molar-refractivity contribution in [3.8, 4) is 0 Å². The molecule has 3 rings (SSSR count). The standard InChI is InChI=1S/C15H20N6/c1-9-7-10(2)18-15(17-9)21-6-4-5-13(21)12-8-14(16)20-11(3)19-12/h7-8,13H,4-6H2,1-3H3,(H2,16,19,20). The highest BCUT2D eigenvalue weighted by molar-refractivity contribution is 5.40. The monoisotopic (exact) mass is 284 g/mol. The normalized spacial score (nSPS) is 18.2. The van der Waals surface area contributed by atoms with Crippen LogP contribution in [-0.4, -0.2) is 26.5 Å². The third-order valence-electron chi connectivity index (χ3n) is 3.70. The molecule has 21 heavy (non-hydrogen) atoms. The average Bonchev–Trinajstić information content (AvgIpc) is 2.85. The maximum absolute atomic E-state index is 5.86. The molecule has 0 amide bonds. The maximum atomic E-state index is 5.86. The fraction of sp³-hybridized carbons (Fsp3) is 0.467. The van der Waals surface area contributed by atoms with E-state index >= 15 is 0 Å². The molecule has 0 spiro atoms. The van der Waals surface area contributed by atoms with Gasteiger partial charge in [0, 0.05) is 24.0 Å². The van der Waals surface area contributed by atoms with Gasteiger partial charge in [-0.05, 0) is 39.7 Å². The van der Waals surface area contributed by atoms with Gasteiger partial charge in [0.1, 0.15) is 11.6 Å². The number of nitrogens with zero attached hydrogens (tertiary/aromatic N) is 5. The van der Waals surface area contributed by atoms with Crippen molar-refractivity contribution < 1.29 is 0 Å². The summed E-state index contributed by atoms with van der Waals surface area (Å²) >= 11 is 0. The lowest BCUT2D eigenvalue weighted by Gasteiger charge is -2.25. The molecule has 6 heteroatoms. The van der Waals surface area contributed by atoms with E-state index in [4.69, 9.17) is 5.73 Å². The van der Waals surface area contributed by atoms with Crippen molar-refractivity contribution in [1.82, 2.24) is 19.9 Å². The van der Waals surface area contributed by atoms with Gasteiger partial charge in [-0.25, -0.2) is 19.9 Å². The Bertz CT molecular complexity index is 571. The van der Waals surface area contributed by atoms with E-state index in [0.29, 0.717) is 11.6 Å². The van der Waals surface area contributed by atoms with Gasteiger partial charge in [-0.3, -0.25) is 0 Å². The summed E-state index contributed by atoms with van der Waals surface area (Å²) in [6, 6.07) is 4.02. The van der Waals surface area contributed by atoms with Crippen LogP contribution in [0.3, 0.4) is 0 Å². The highest BCUT2D eigenvalue weighted by Gasteiger charge is 2.29. The summed E-state index contributed by atoms with van der Waals surface area (Å²) in [5.41, 5.74) is 8.79. The van der Waals surface area contributed by atoms with Gasteiger partial charge in [-0.2, -0.15) is 0 Å². The van der Waals surface area contributed by atoms with E-state index in [9.17, 15) is 0 Å². The van der Waals surface area contributed by atoms with Crippen molar-refractivity contribution in [3.05, 3.63) is 35.0 Å². The molecule has 1 aliphatic rings. The smallest absolute Gasteiger partial charge is 0.226 e. The summed E-state index contributed by atoms with van der Waals surface area (Å²) in [6.07, 6.45) is 2.14. The molecule has 6 nitrogen and oxygen atoms in total. The molecule has 1 aliphatic heterocycles.